The Labute approximate surface area is 166 Å². The average Bonchev–Trinajstić information content (AvgIpc) is 3.09. The van der Waals surface area contributed by atoms with Crippen molar-refractivity contribution in [3.63, 3.8) is 0 Å². The van der Waals surface area contributed by atoms with E-state index in [1.165, 1.54) is 6.07 Å². The Morgan fingerprint density at radius 3 is 2.43 bits per heavy atom. The highest BCUT2D eigenvalue weighted by Crippen LogP contribution is 2.23. The fraction of sp³-hybridized carbons (Fsp3) is 0.278. The van der Waals surface area contributed by atoms with E-state index in [9.17, 15) is 22.8 Å². The van der Waals surface area contributed by atoms with E-state index in [0.29, 0.717) is 0 Å². The second-order valence-electron chi connectivity index (χ2n) is 5.89. The number of aryl methyl sites for hydroxylation is 1. The van der Waals surface area contributed by atoms with Crippen LogP contribution in [0.2, 0.25) is 0 Å². The van der Waals surface area contributed by atoms with Crippen molar-refractivity contribution in [2.24, 2.45) is 0 Å². The van der Waals surface area contributed by atoms with Gasteiger partial charge in [-0.25, -0.2) is 13.2 Å². The third-order valence-corrected chi connectivity index (χ3v) is 6.41. The molecule has 1 aromatic heterocycles. The first kappa shape index (κ1) is 21.6. The Morgan fingerprint density at radius 2 is 1.79 bits per heavy atom. The van der Waals surface area contributed by atoms with Crippen LogP contribution < -0.4 is 10.6 Å². The van der Waals surface area contributed by atoms with Crippen LogP contribution in [0.4, 0.5) is 9.80 Å². The number of imide groups is 1. The van der Waals surface area contributed by atoms with Gasteiger partial charge in [0.15, 0.2) is 9.84 Å². The zero-order valence-electron chi connectivity index (χ0n) is 15.4. The molecule has 28 heavy (non-hydrogen) atoms. The monoisotopic (exact) mass is 424 g/mol. The predicted molar refractivity (Wildman–Crippen MR) is 105 cm³/mol. The van der Waals surface area contributed by atoms with E-state index in [-0.39, 0.29) is 34.1 Å². The SMILES string of the molecule is COC(=O)NC(=O)c1ccsc1NC(=O)CCCS(=O)(=O)c1ccc(C)cc1. The van der Waals surface area contributed by atoms with Crippen LogP contribution >= 0.6 is 11.3 Å². The molecule has 1 aromatic carbocycles. The van der Waals surface area contributed by atoms with Gasteiger partial charge in [0.25, 0.3) is 5.91 Å². The summed E-state index contributed by atoms with van der Waals surface area (Å²) in [6.07, 6.45) is -0.798. The van der Waals surface area contributed by atoms with Gasteiger partial charge in [-0.3, -0.25) is 14.9 Å². The van der Waals surface area contributed by atoms with Crippen LogP contribution in [-0.4, -0.2) is 39.2 Å². The fourth-order valence-electron chi connectivity index (χ4n) is 2.27. The van der Waals surface area contributed by atoms with Gasteiger partial charge in [-0.2, -0.15) is 0 Å². The smallest absolute Gasteiger partial charge is 0.413 e. The molecule has 2 N–H and O–H groups in total. The van der Waals surface area contributed by atoms with Crippen LogP contribution in [0, 0.1) is 6.92 Å². The van der Waals surface area contributed by atoms with E-state index in [1.807, 2.05) is 12.2 Å². The number of nitrogens with one attached hydrogen (secondary N) is 2. The second-order valence-corrected chi connectivity index (χ2v) is 8.92. The maximum Gasteiger partial charge on any atom is 0.413 e. The Morgan fingerprint density at radius 1 is 1.11 bits per heavy atom. The van der Waals surface area contributed by atoms with E-state index < -0.39 is 27.7 Å². The van der Waals surface area contributed by atoms with Crippen molar-refractivity contribution in [3.8, 4) is 0 Å². The molecule has 0 fully saturated rings. The van der Waals surface area contributed by atoms with Crippen LogP contribution in [0.15, 0.2) is 40.6 Å². The van der Waals surface area contributed by atoms with Gasteiger partial charge in [-0.05, 0) is 36.9 Å². The summed E-state index contributed by atoms with van der Waals surface area (Å²) in [6, 6.07) is 7.99. The molecule has 0 aliphatic heterocycles. The molecule has 0 spiro atoms. The van der Waals surface area contributed by atoms with Gasteiger partial charge in [-0.15, -0.1) is 11.3 Å². The van der Waals surface area contributed by atoms with Gasteiger partial charge in [0.2, 0.25) is 5.91 Å². The summed E-state index contributed by atoms with van der Waals surface area (Å²) in [6.45, 7) is 1.87. The average molecular weight is 425 g/mol. The minimum atomic E-state index is -3.47. The van der Waals surface area contributed by atoms with Crippen molar-refractivity contribution >= 4 is 44.1 Å². The number of carbonyl (C=O) groups is 3. The summed E-state index contributed by atoms with van der Waals surface area (Å²) < 4.78 is 28.9. The van der Waals surface area contributed by atoms with Gasteiger partial charge in [-0.1, -0.05) is 17.7 Å². The van der Waals surface area contributed by atoms with Crippen molar-refractivity contribution < 1.29 is 27.5 Å². The summed E-state index contributed by atoms with van der Waals surface area (Å²) in [7, 11) is -2.34. The third-order valence-electron chi connectivity index (χ3n) is 3.76. The van der Waals surface area contributed by atoms with Crippen LogP contribution in [0.1, 0.15) is 28.8 Å². The molecule has 0 radical (unpaired) electrons. The highest BCUT2D eigenvalue weighted by molar-refractivity contribution is 7.91. The lowest BCUT2D eigenvalue weighted by Gasteiger charge is -2.07. The molecule has 0 bridgehead atoms. The second kappa shape index (κ2) is 9.47. The van der Waals surface area contributed by atoms with Crippen LogP contribution in [0.25, 0.3) is 0 Å². The van der Waals surface area contributed by atoms with E-state index in [1.54, 1.807) is 29.6 Å². The Hall–Kier alpha value is -2.72. The minimum Gasteiger partial charge on any atom is -0.453 e. The van der Waals surface area contributed by atoms with E-state index in [4.69, 9.17) is 0 Å². The molecule has 2 aromatic rings. The summed E-state index contributed by atoms with van der Waals surface area (Å²) in [5.41, 5.74) is 1.08. The number of anilines is 1. The third kappa shape index (κ3) is 5.89. The normalized spacial score (nSPS) is 10.9. The molecule has 1 heterocycles. The molecule has 0 atom stereocenters. The lowest BCUT2D eigenvalue weighted by molar-refractivity contribution is -0.116. The van der Waals surface area contributed by atoms with Crippen LogP contribution in [0.3, 0.4) is 0 Å². The molecule has 10 heteroatoms. The zero-order chi connectivity index (χ0) is 20.7. The van der Waals surface area contributed by atoms with Crippen LogP contribution in [0.5, 0.6) is 0 Å². The quantitative estimate of drug-likeness (QED) is 0.705. The molecule has 0 saturated heterocycles. The number of amides is 3. The highest BCUT2D eigenvalue weighted by Gasteiger charge is 2.18. The van der Waals surface area contributed by atoms with Gasteiger partial charge >= 0.3 is 6.09 Å². The lowest BCUT2D eigenvalue weighted by atomic mass is 10.2. The molecule has 3 amide bonds. The maximum absolute atomic E-state index is 12.3. The Bertz CT molecular complexity index is 964. The predicted octanol–water partition coefficient (Wildman–Crippen LogP) is 2.75. The van der Waals surface area contributed by atoms with E-state index >= 15 is 0 Å². The molecule has 150 valence electrons. The molecule has 2 rings (SSSR count). The van der Waals surface area contributed by atoms with Gasteiger partial charge in [0.1, 0.15) is 5.00 Å². The first-order chi connectivity index (χ1) is 13.2. The summed E-state index contributed by atoms with van der Waals surface area (Å²) >= 11 is 1.11. The minimum absolute atomic E-state index is 0.0267. The number of methoxy groups -OCH3 is 1. The van der Waals surface area contributed by atoms with Crippen molar-refractivity contribution in [1.29, 1.82) is 0 Å². The number of hydrogen-bond donors (Lipinski definition) is 2. The molecule has 0 aliphatic rings. The largest absolute Gasteiger partial charge is 0.453 e. The molecular formula is C18H20N2O6S2. The number of thiophene rings is 1. The Balaban J connectivity index is 1.90. The standard InChI is InChI=1S/C18H20N2O6S2/c1-12-5-7-13(8-6-12)28(24,25)11-3-4-15(21)19-17-14(9-10-27-17)16(22)20-18(23)26-2/h5-10H,3-4,11H2,1-2H3,(H,19,21)(H,20,22,23). The molecule has 0 unspecified atom stereocenters. The number of carbonyl (C=O) groups excluding carboxylic acids is 3. The van der Waals surface area contributed by atoms with Crippen LogP contribution in [-0.2, 0) is 19.4 Å². The molecule has 0 saturated carbocycles. The summed E-state index contributed by atoms with van der Waals surface area (Å²) in [4.78, 5) is 35.4. The van der Waals surface area contributed by atoms with E-state index in [0.717, 1.165) is 24.0 Å². The van der Waals surface area contributed by atoms with Crippen molar-refractivity contribution in [1.82, 2.24) is 5.32 Å². The fourth-order valence-corrected chi connectivity index (χ4v) is 4.38. The number of ether oxygens (including phenoxy) is 1. The van der Waals surface area contributed by atoms with Crippen molar-refractivity contribution in [2.75, 3.05) is 18.2 Å². The first-order valence-corrected chi connectivity index (χ1v) is 10.8. The van der Waals surface area contributed by atoms with Crippen molar-refractivity contribution in [3.05, 3.63) is 46.8 Å². The molecule has 8 nitrogen and oxygen atoms in total. The summed E-state index contributed by atoms with van der Waals surface area (Å²) in [5, 5.41) is 6.43. The van der Waals surface area contributed by atoms with Gasteiger partial charge in [0, 0.05) is 6.42 Å². The van der Waals surface area contributed by atoms with Crippen molar-refractivity contribution in [2.45, 2.75) is 24.7 Å². The van der Waals surface area contributed by atoms with E-state index in [2.05, 4.69) is 10.1 Å². The van der Waals surface area contributed by atoms with Gasteiger partial charge < -0.3 is 10.1 Å². The highest BCUT2D eigenvalue weighted by atomic mass is 32.2. The first-order valence-electron chi connectivity index (χ1n) is 8.29. The lowest BCUT2D eigenvalue weighted by Crippen LogP contribution is -2.30. The number of rotatable bonds is 7. The number of benzene rings is 1. The topological polar surface area (TPSA) is 119 Å². The molecule has 0 aliphatic carbocycles. The number of hydrogen-bond acceptors (Lipinski definition) is 7. The molecular weight excluding hydrogens is 404 g/mol. The number of sulfone groups is 1. The Kier molecular flexibility index (Phi) is 7.30. The zero-order valence-corrected chi connectivity index (χ0v) is 17.0. The maximum atomic E-state index is 12.3. The number of alkyl carbamates (subject to hydrolysis) is 1. The summed E-state index contributed by atoms with van der Waals surface area (Å²) in [5.74, 6) is -1.29. The van der Waals surface area contributed by atoms with Gasteiger partial charge in [0.05, 0.1) is 23.3 Å².